The van der Waals surface area contributed by atoms with Gasteiger partial charge in [-0.15, -0.1) is 0 Å². The maximum atomic E-state index is 12.0. The van der Waals surface area contributed by atoms with Crippen LogP contribution in [0.3, 0.4) is 0 Å². The number of hydrogen-bond donors (Lipinski definition) is 2. The van der Waals surface area contributed by atoms with Gasteiger partial charge in [0.05, 0.1) is 12.3 Å². The number of sulfone groups is 1. The quantitative estimate of drug-likeness (QED) is 0.620. The van der Waals surface area contributed by atoms with E-state index in [0.29, 0.717) is 0 Å². The van der Waals surface area contributed by atoms with Gasteiger partial charge in [0.2, 0.25) is 5.91 Å². The van der Waals surface area contributed by atoms with Crippen LogP contribution in [0, 0.1) is 0 Å². The molecule has 3 amide bonds. The molecule has 3 fully saturated rings. The minimum absolute atomic E-state index is 0.0933. The number of carbonyl (C=O) groups is 2. The Morgan fingerprint density at radius 2 is 1.91 bits per heavy atom. The van der Waals surface area contributed by atoms with Crippen LogP contribution in [-0.2, 0) is 28.8 Å². The van der Waals surface area contributed by atoms with E-state index >= 15 is 0 Å². The Labute approximate surface area is 133 Å². The third kappa shape index (κ3) is 3.33. The van der Waals surface area contributed by atoms with E-state index in [-0.39, 0.29) is 12.3 Å². The number of rotatable bonds is 3. The topological polar surface area (TPSA) is 123 Å². The third-order valence-corrected chi connectivity index (χ3v) is 4.66. The molecule has 10 nitrogen and oxygen atoms in total. The van der Waals surface area contributed by atoms with Crippen LogP contribution < -0.4 is 10.7 Å². The van der Waals surface area contributed by atoms with E-state index in [1.165, 1.54) is 0 Å². The molecule has 0 bridgehead atoms. The molecule has 0 saturated carbocycles. The first-order chi connectivity index (χ1) is 10.6. The Kier molecular flexibility index (Phi) is 3.88. The molecule has 3 aliphatic heterocycles. The van der Waals surface area contributed by atoms with Crippen molar-refractivity contribution in [2.45, 2.75) is 44.2 Å². The highest BCUT2D eigenvalue weighted by molar-refractivity contribution is 7.90. The van der Waals surface area contributed by atoms with Crippen LogP contribution in [0.2, 0.25) is 0 Å². The molecule has 0 aromatic heterocycles. The van der Waals surface area contributed by atoms with Crippen molar-refractivity contribution >= 4 is 21.8 Å². The molecule has 11 heteroatoms. The SMILES string of the molecule is CC1(C)OC2C(CS(C)(=O)=O)OC(N3NCC(=O)NC3=O)C2O1. The number of nitrogens with one attached hydrogen (secondary N) is 2. The molecule has 23 heavy (non-hydrogen) atoms. The number of hydrogen-bond acceptors (Lipinski definition) is 8. The van der Waals surface area contributed by atoms with E-state index < -0.39 is 52.1 Å². The van der Waals surface area contributed by atoms with Gasteiger partial charge in [-0.05, 0) is 13.8 Å². The fourth-order valence-electron chi connectivity index (χ4n) is 2.96. The van der Waals surface area contributed by atoms with E-state index in [1.54, 1.807) is 13.8 Å². The van der Waals surface area contributed by atoms with Crippen LogP contribution in [0.5, 0.6) is 0 Å². The number of carbonyl (C=O) groups excluding carboxylic acids is 2. The van der Waals surface area contributed by atoms with Crippen molar-refractivity contribution in [1.29, 1.82) is 0 Å². The molecular formula is C12H19N3O7S. The summed E-state index contributed by atoms with van der Waals surface area (Å²) >= 11 is 0. The van der Waals surface area contributed by atoms with Gasteiger partial charge in [-0.1, -0.05) is 0 Å². The second kappa shape index (κ2) is 5.38. The molecule has 4 unspecified atom stereocenters. The van der Waals surface area contributed by atoms with Crippen LogP contribution >= 0.6 is 0 Å². The summed E-state index contributed by atoms with van der Waals surface area (Å²) in [6.07, 6.45) is -1.86. The van der Waals surface area contributed by atoms with Crippen molar-refractivity contribution in [3.63, 3.8) is 0 Å². The van der Waals surface area contributed by atoms with Crippen LogP contribution in [0.25, 0.3) is 0 Å². The zero-order chi connectivity index (χ0) is 17.0. The Morgan fingerprint density at radius 1 is 1.26 bits per heavy atom. The summed E-state index contributed by atoms with van der Waals surface area (Å²) in [6.45, 7) is 3.31. The molecule has 0 spiro atoms. The lowest BCUT2D eigenvalue weighted by molar-refractivity contribution is -0.203. The van der Waals surface area contributed by atoms with Gasteiger partial charge >= 0.3 is 6.03 Å². The molecule has 3 rings (SSSR count). The predicted octanol–water partition coefficient (Wildman–Crippen LogP) is -1.67. The molecule has 0 aromatic rings. The lowest BCUT2D eigenvalue weighted by Gasteiger charge is -2.34. The molecule has 2 N–H and O–H groups in total. The van der Waals surface area contributed by atoms with Crippen molar-refractivity contribution in [2.24, 2.45) is 0 Å². The third-order valence-electron chi connectivity index (χ3n) is 3.72. The van der Waals surface area contributed by atoms with Crippen molar-refractivity contribution in [3.8, 4) is 0 Å². The largest absolute Gasteiger partial charge is 0.347 e. The number of fused-ring (bicyclic) bond motifs is 1. The second-order valence-corrected chi connectivity index (χ2v) is 8.47. The minimum Gasteiger partial charge on any atom is -0.347 e. The highest BCUT2D eigenvalue weighted by Crippen LogP contribution is 2.40. The fraction of sp³-hybridized carbons (Fsp3) is 0.833. The van der Waals surface area contributed by atoms with Gasteiger partial charge in [0.1, 0.15) is 28.1 Å². The number of urea groups is 1. The smallest absolute Gasteiger partial charge is 0.340 e. The number of ether oxygens (including phenoxy) is 3. The van der Waals surface area contributed by atoms with Gasteiger partial charge in [0, 0.05) is 6.26 Å². The van der Waals surface area contributed by atoms with Crippen LogP contribution in [0.4, 0.5) is 4.79 Å². The Morgan fingerprint density at radius 3 is 2.52 bits per heavy atom. The van der Waals surface area contributed by atoms with Gasteiger partial charge in [-0.25, -0.2) is 23.6 Å². The normalized spacial score (nSPS) is 36.9. The number of nitrogens with zero attached hydrogens (tertiary/aromatic N) is 1. The monoisotopic (exact) mass is 349 g/mol. The zero-order valence-corrected chi connectivity index (χ0v) is 13.8. The van der Waals surface area contributed by atoms with E-state index in [0.717, 1.165) is 11.3 Å². The molecule has 0 aromatic carbocycles. The lowest BCUT2D eigenvalue weighted by atomic mass is 10.1. The first kappa shape index (κ1) is 16.6. The van der Waals surface area contributed by atoms with Gasteiger partial charge in [-0.2, -0.15) is 0 Å². The van der Waals surface area contributed by atoms with E-state index in [4.69, 9.17) is 14.2 Å². The van der Waals surface area contributed by atoms with Crippen LogP contribution in [-0.4, -0.2) is 74.2 Å². The second-order valence-electron chi connectivity index (χ2n) is 6.28. The molecule has 3 saturated heterocycles. The summed E-state index contributed by atoms with van der Waals surface area (Å²) in [4.78, 5) is 23.2. The molecular weight excluding hydrogens is 330 g/mol. The van der Waals surface area contributed by atoms with Crippen molar-refractivity contribution in [3.05, 3.63) is 0 Å². The Bertz CT molecular complexity index is 635. The van der Waals surface area contributed by atoms with E-state index in [1.807, 2.05) is 0 Å². The Balaban J connectivity index is 1.83. The molecule has 0 aliphatic carbocycles. The summed E-state index contributed by atoms with van der Waals surface area (Å²) in [7, 11) is -3.31. The average Bonchev–Trinajstić information content (AvgIpc) is 2.83. The summed E-state index contributed by atoms with van der Waals surface area (Å²) in [6, 6.07) is -0.682. The van der Waals surface area contributed by atoms with Crippen molar-refractivity contribution in [2.75, 3.05) is 18.6 Å². The van der Waals surface area contributed by atoms with Gasteiger partial charge in [0.15, 0.2) is 12.0 Å². The van der Waals surface area contributed by atoms with Crippen molar-refractivity contribution < 1.29 is 32.2 Å². The highest BCUT2D eigenvalue weighted by Gasteiger charge is 2.58. The number of amides is 3. The summed E-state index contributed by atoms with van der Waals surface area (Å²) in [5.74, 6) is -1.63. The van der Waals surface area contributed by atoms with Crippen molar-refractivity contribution in [1.82, 2.24) is 15.8 Å². The first-order valence-corrected chi connectivity index (χ1v) is 9.17. The standard InChI is InChI=1S/C12H19N3O7S/c1-12(2)21-8-6(5-23(3,18)19)20-10(9(8)22-12)15-11(17)14-7(16)4-13-15/h6,8-10,13H,4-5H2,1-3H3,(H,14,16,17). The summed E-state index contributed by atoms with van der Waals surface area (Å²) in [5.41, 5.74) is 2.65. The summed E-state index contributed by atoms with van der Waals surface area (Å²) < 4.78 is 40.4. The number of imide groups is 1. The van der Waals surface area contributed by atoms with Gasteiger partial charge in [0.25, 0.3) is 0 Å². The van der Waals surface area contributed by atoms with E-state index in [9.17, 15) is 18.0 Å². The molecule has 3 heterocycles. The lowest BCUT2D eigenvalue weighted by Crippen LogP contribution is -2.64. The highest BCUT2D eigenvalue weighted by atomic mass is 32.2. The van der Waals surface area contributed by atoms with Gasteiger partial charge < -0.3 is 14.2 Å². The molecule has 4 atom stereocenters. The Hall–Kier alpha value is -1.27. The van der Waals surface area contributed by atoms with Gasteiger partial charge in [-0.3, -0.25) is 10.1 Å². The van der Waals surface area contributed by atoms with Crippen LogP contribution in [0.1, 0.15) is 13.8 Å². The first-order valence-electron chi connectivity index (χ1n) is 7.11. The minimum atomic E-state index is -3.31. The zero-order valence-electron chi connectivity index (χ0n) is 12.9. The summed E-state index contributed by atoms with van der Waals surface area (Å²) in [5, 5.41) is 3.26. The number of hydrazine groups is 1. The molecule has 3 aliphatic rings. The molecule has 130 valence electrons. The maximum absolute atomic E-state index is 12.0. The average molecular weight is 349 g/mol. The van der Waals surface area contributed by atoms with E-state index in [2.05, 4.69) is 10.7 Å². The fourth-order valence-corrected chi connectivity index (χ4v) is 3.82. The maximum Gasteiger partial charge on any atom is 0.340 e. The predicted molar refractivity (Wildman–Crippen MR) is 75.6 cm³/mol. The molecule has 0 radical (unpaired) electrons. The van der Waals surface area contributed by atoms with Crippen LogP contribution in [0.15, 0.2) is 0 Å².